The third-order valence-electron chi connectivity index (χ3n) is 6.91. The zero-order chi connectivity index (χ0) is 21.2. The fraction of sp³-hybridized carbons (Fsp3) is 0.444. The summed E-state index contributed by atoms with van der Waals surface area (Å²) in [6, 6.07) is 18.0. The van der Waals surface area contributed by atoms with Crippen LogP contribution < -0.4 is 5.32 Å². The van der Waals surface area contributed by atoms with Crippen LogP contribution in [0, 0.1) is 13.8 Å². The zero-order valence-corrected chi connectivity index (χ0v) is 18.9. The van der Waals surface area contributed by atoms with E-state index >= 15 is 0 Å². The molecule has 1 unspecified atom stereocenters. The van der Waals surface area contributed by atoms with Gasteiger partial charge in [-0.1, -0.05) is 48.9 Å². The van der Waals surface area contributed by atoms with E-state index in [9.17, 15) is 0 Å². The van der Waals surface area contributed by atoms with Gasteiger partial charge in [-0.25, -0.2) is 4.68 Å². The maximum absolute atomic E-state index is 5.33. The normalized spacial score (nSPS) is 19.5. The fourth-order valence-corrected chi connectivity index (χ4v) is 5.23. The maximum Gasteiger partial charge on any atom is 0.133 e. The third kappa shape index (κ3) is 4.14. The fourth-order valence-electron chi connectivity index (χ4n) is 5.23. The third-order valence-corrected chi connectivity index (χ3v) is 6.91. The van der Waals surface area contributed by atoms with E-state index in [1.54, 1.807) is 0 Å². The summed E-state index contributed by atoms with van der Waals surface area (Å²) in [4.78, 5) is 2.67. The molecule has 0 aliphatic carbocycles. The highest BCUT2D eigenvalue weighted by Crippen LogP contribution is 2.38. The molecule has 0 radical (unpaired) electrons. The summed E-state index contributed by atoms with van der Waals surface area (Å²) >= 11 is 0. The minimum absolute atomic E-state index is 0.397. The molecule has 1 fully saturated rings. The summed E-state index contributed by atoms with van der Waals surface area (Å²) in [6.07, 6.45) is 7.34. The van der Waals surface area contributed by atoms with Crippen molar-refractivity contribution < 1.29 is 0 Å². The van der Waals surface area contributed by atoms with E-state index in [0.717, 1.165) is 26.1 Å². The number of aryl methyl sites for hydroxylation is 2. The van der Waals surface area contributed by atoms with Crippen LogP contribution in [0.15, 0.2) is 48.5 Å². The second-order valence-corrected chi connectivity index (χ2v) is 9.27. The molecule has 0 bridgehead atoms. The standard InChI is InChI=1S/C27H34N4/c1-20-14-15-21(2)25(18-20)31-27-23(12-6-8-16-28-27)26(29-31)24-13-7-9-17-30(24)19-22-10-4-3-5-11-22/h3-5,10-11,14-15,18,24,28H,6-9,12-13,16-17,19H2,1-2H3. The van der Waals surface area contributed by atoms with Crippen LogP contribution in [-0.4, -0.2) is 27.8 Å². The Hall–Kier alpha value is -2.59. The summed E-state index contributed by atoms with van der Waals surface area (Å²) in [6.45, 7) is 7.55. The molecule has 162 valence electrons. The number of fused-ring (bicyclic) bond motifs is 1. The van der Waals surface area contributed by atoms with Gasteiger partial charge in [0, 0.05) is 18.7 Å². The van der Waals surface area contributed by atoms with E-state index < -0.39 is 0 Å². The van der Waals surface area contributed by atoms with Gasteiger partial charge in [0.05, 0.1) is 17.4 Å². The molecular formula is C27H34N4. The highest BCUT2D eigenvalue weighted by molar-refractivity contribution is 5.57. The molecule has 2 aliphatic heterocycles. The number of nitrogens with one attached hydrogen (secondary N) is 1. The number of rotatable bonds is 4. The molecule has 2 aromatic carbocycles. The molecule has 5 rings (SSSR count). The van der Waals surface area contributed by atoms with Crippen LogP contribution in [-0.2, 0) is 13.0 Å². The van der Waals surface area contributed by atoms with Gasteiger partial charge in [0.2, 0.25) is 0 Å². The summed E-state index contributed by atoms with van der Waals surface area (Å²) in [5.74, 6) is 1.23. The number of hydrogen-bond acceptors (Lipinski definition) is 3. The topological polar surface area (TPSA) is 33.1 Å². The van der Waals surface area contributed by atoms with Gasteiger partial charge in [-0.3, -0.25) is 4.90 Å². The van der Waals surface area contributed by atoms with Crippen LogP contribution in [0.4, 0.5) is 5.82 Å². The van der Waals surface area contributed by atoms with Crippen molar-refractivity contribution in [2.45, 2.75) is 65.0 Å². The van der Waals surface area contributed by atoms with Crippen molar-refractivity contribution in [3.63, 3.8) is 0 Å². The quantitative estimate of drug-likeness (QED) is 0.571. The average Bonchev–Trinajstić information content (AvgIpc) is 2.97. The Morgan fingerprint density at radius 1 is 1.00 bits per heavy atom. The number of piperidine rings is 1. The number of anilines is 1. The van der Waals surface area contributed by atoms with Crippen molar-refractivity contribution >= 4 is 5.82 Å². The van der Waals surface area contributed by atoms with Gasteiger partial charge >= 0.3 is 0 Å². The molecule has 2 aliphatic rings. The van der Waals surface area contributed by atoms with E-state index in [-0.39, 0.29) is 0 Å². The molecular weight excluding hydrogens is 380 g/mol. The summed E-state index contributed by atoms with van der Waals surface area (Å²) < 4.78 is 2.22. The Balaban J connectivity index is 1.57. The second-order valence-electron chi connectivity index (χ2n) is 9.27. The molecule has 0 saturated carbocycles. The molecule has 0 spiro atoms. The Bertz CT molecular complexity index is 1040. The SMILES string of the molecule is Cc1ccc(C)c(-n2nc(C3CCCCN3Cc3ccccc3)c3c2NCCCC3)c1. The van der Waals surface area contributed by atoms with Crippen molar-refractivity contribution in [1.82, 2.24) is 14.7 Å². The molecule has 0 amide bonds. The number of hydrogen-bond donors (Lipinski definition) is 1. The van der Waals surface area contributed by atoms with Crippen molar-refractivity contribution in [1.29, 1.82) is 0 Å². The van der Waals surface area contributed by atoms with E-state index in [2.05, 4.69) is 77.3 Å². The molecule has 31 heavy (non-hydrogen) atoms. The number of nitrogens with zero attached hydrogens (tertiary/aromatic N) is 3. The van der Waals surface area contributed by atoms with Crippen LogP contribution in [0.3, 0.4) is 0 Å². The molecule has 4 heteroatoms. The van der Waals surface area contributed by atoms with E-state index in [4.69, 9.17) is 5.10 Å². The van der Waals surface area contributed by atoms with Gasteiger partial charge in [-0.05, 0) is 75.3 Å². The van der Waals surface area contributed by atoms with Crippen LogP contribution >= 0.6 is 0 Å². The van der Waals surface area contributed by atoms with Gasteiger partial charge in [-0.2, -0.15) is 5.10 Å². The van der Waals surface area contributed by atoms with Gasteiger partial charge < -0.3 is 5.32 Å². The van der Waals surface area contributed by atoms with Crippen molar-refractivity contribution in [2.75, 3.05) is 18.4 Å². The number of aromatic nitrogens is 2. The van der Waals surface area contributed by atoms with Crippen molar-refractivity contribution in [3.05, 3.63) is 76.5 Å². The van der Waals surface area contributed by atoms with E-state index in [1.165, 1.54) is 71.6 Å². The van der Waals surface area contributed by atoms with E-state index in [1.807, 2.05) is 0 Å². The molecule has 3 heterocycles. The second kappa shape index (κ2) is 8.88. The molecule has 1 saturated heterocycles. The van der Waals surface area contributed by atoms with Crippen LogP contribution in [0.25, 0.3) is 5.69 Å². The number of likely N-dealkylation sites (tertiary alicyclic amines) is 1. The molecule has 1 aromatic heterocycles. The summed E-state index contributed by atoms with van der Waals surface area (Å²) in [5, 5.41) is 9.08. The van der Waals surface area contributed by atoms with Gasteiger partial charge in [-0.15, -0.1) is 0 Å². The van der Waals surface area contributed by atoms with Gasteiger partial charge in [0.25, 0.3) is 0 Å². The van der Waals surface area contributed by atoms with Crippen molar-refractivity contribution in [3.8, 4) is 5.69 Å². The Morgan fingerprint density at radius 3 is 2.74 bits per heavy atom. The first-order valence-corrected chi connectivity index (χ1v) is 11.9. The number of benzene rings is 2. The predicted molar refractivity (Wildman–Crippen MR) is 128 cm³/mol. The zero-order valence-electron chi connectivity index (χ0n) is 18.9. The first-order valence-electron chi connectivity index (χ1n) is 11.9. The minimum atomic E-state index is 0.397. The largest absolute Gasteiger partial charge is 0.370 e. The van der Waals surface area contributed by atoms with Gasteiger partial charge in [0.1, 0.15) is 5.82 Å². The lowest BCUT2D eigenvalue weighted by Crippen LogP contribution is -2.33. The van der Waals surface area contributed by atoms with Crippen molar-refractivity contribution in [2.24, 2.45) is 0 Å². The first-order chi connectivity index (χ1) is 15.2. The Labute approximate surface area is 186 Å². The van der Waals surface area contributed by atoms with Crippen LogP contribution in [0.1, 0.15) is 66.1 Å². The Kier molecular flexibility index (Phi) is 5.82. The maximum atomic E-state index is 5.33. The van der Waals surface area contributed by atoms with Crippen LogP contribution in [0.2, 0.25) is 0 Å². The highest BCUT2D eigenvalue weighted by Gasteiger charge is 2.31. The summed E-state index contributed by atoms with van der Waals surface area (Å²) in [7, 11) is 0. The summed E-state index contributed by atoms with van der Waals surface area (Å²) in [5.41, 5.74) is 7.92. The molecule has 1 N–H and O–H groups in total. The van der Waals surface area contributed by atoms with Crippen LogP contribution in [0.5, 0.6) is 0 Å². The van der Waals surface area contributed by atoms with E-state index in [0.29, 0.717) is 6.04 Å². The lowest BCUT2D eigenvalue weighted by Gasteiger charge is -2.35. The monoisotopic (exact) mass is 414 g/mol. The predicted octanol–water partition coefficient (Wildman–Crippen LogP) is 5.96. The Morgan fingerprint density at radius 2 is 1.87 bits per heavy atom. The molecule has 3 aromatic rings. The lowest BCUT2D eigenvalue weighted by atomic mass is 9.94. The minimum Gasteiger partial charge on any atom is -0.370 e. The highest BCUT2D eigenvalue weighted by atomic mass is 15.4. The average molecular weight is 415 g/mol. The lowest BCUT2D eigenvalue weighted by molar-refractivity contribution is 0.136. The van der Waals surface area contributed by atoms with Gasteiger partial charge in [0.15, 0.2) is 0 Å². The molecule has 1 atom stereocenters. The smallest absolute Gasteiger partial charge is 0.133 e. The molecule has 4 nitrogen and oxygen atoms in total. The first kappa shape index (κ1) is 20.3.